The van der Waals surface area contributed by atoms with Gasteiger partial charge in [-0.3, -0.25) is 19.3 Å². The Morgan fingerprint density at radius 2 is 1.79 bits per heavy atom. The Hall–Kier alpha value is -3.35. The van der Waals surface area contributed by atoms with Gasteiger partial charge < -0.3 is 14.5 Å². The summed E-state index contributed by atoms with van der Waals surface area (Å²) < 4.78 is 5.46. The second-order valence-electron chi connectivity index (χ2n) is 6.89. The van der Waals surface area contributed by atoms with Gasteiger partial charge in [0, 0.05) is 33.3 Å². The Morgan fingerprint density at radius 3 is 2.46 bits per heavy atom. The average molecular weight is 381 g/mol. The molecular weight excluding hydrogens is 358 g/mol. The Kier molecular flexibility index (Phi) is 5.63. The molecule has 3 rings (SSSR count). The van der Waals surface area contributed by atoms with Crippen LogP contribution in [0.25, 0.3) is 0 Å². The number of hydrogen-bond acceptors (Lipinski definition) is 4. The van der Waals surface area contributed by atoms with E-state index in [9.17, 15) is 14.4 Å². The number of rotatable bonds is 5. The summed E-state index contributed by atoms with van der Waals surface area (Å²) in [5.41, 5.74) is 1.87. The van der Waals surface area contributed by atoms with Gasteiger partial charge in [-0.15, -0.1) is 0 Å². The normalized spacial score (nSPS) is 12.8. The fraction of sp³-hybridized carbons (Fsp3) is 0.286. The van der Waals surface area contributed by atoms with Gasteiger partial charge in [0.1, 0.15) is 12.3 Å². The molecule has 2 aromatic carbocycles. The summed E-state index contributed by atoms with van der Waals surface area (Å²) in [6.07, 6.45) is 0. The van der Waals surface area contributed by atoms with E-state index in [1.54, 1.807) is 44.2 Å². The third kappa shape index (κ3) is 4.14. The highest BCUT2D eigenvalue weighted by molar-refractivity contribution is 6.04. The van der Waals surface area contributed by atoms with E-state index >= 15 is 0 Å². The molecule has 0 fully saturated rings. The van der Waals surface area contributed by atoms with Gasteiger partial charge in [0.15, 0.2) is 6.61 Å². The summed E-state index contributed by atoms with van der Waals surface area (Å²) in [5, 5.41) is 0. The fourth-order valence-electron chi connectivity index (χ4n) is 2.97. The second kappa shape index (κ2) is 8.12. The highest BCUT2D eigenvalue weighted by Crippen LogP contribution is 2.33. The Labute approximate surface area is 164 Å². The molecule has 0 spiro atoms. The predicted molar refractivity (Wildman–Crippen MR) is 105 cm³/mol. The van der Waals surface area contributed by atoms with E-state index < -0.39 is 0 Å². The van der Waals surface area contributed by atoms with Crippen molar-refractivity contribution in [3.8, 4) is 5.75 Å². The number of ether oxygens (including phenoxy) is 1. The lowest BCUT2D eigenvalue weighted by Crippen LogP contribution is -2.45. The van der Waals surface area contributed by atoms with E-state index in [0.717, 1.165) is 5.56 Å². The van der Waals surface area contributed by atoms with Crippen LogP contribution in [0, 0.1) is 0 Å². The summed E-state index contributed by atoms with van der Waals surface area (Å²) in [6.45, 7) is 0.200. The molecule has 0 N–H and O–H groups in total. The molecule has 3 amide bonds. The first-order valence-electron chi connectivity index (χ1n) is 8.93. The SMILES string of the molecule is CN(C)C(=O)c1ccc2c(c1)N(CC(=O)N(C)Cc1ccccc1)C(=O)CO2. The minimum Gasteiger partial charge on any atom is -0.482 e. The van der Waals surface area contributed by atoms with Gasteiger partial charge in [0.05, 0.1) is 5.69 Å². The second-order valence-corrected chi connectivity index (χ2v) is 6.89. The van der Waals surface area contributed by atoms with Gasteiger partial charge in [-0.2, -0.15) is 0 Å². The lowest BCUT2D eigenvalue weighted by atomic mass is 10.1. The standard InChI is InChI=1S/C21H23N3O4/c1-22(2)21(27)16-9-10-18-17(11-16)24(20(26)14-28-18)13-19(25)23(3)12-15-7-5-4-6-8-15/h4-11H,12-14H2,1-3H3. The molecule has 1 heterocycles. The zero-order valence-electron chi connectivity index (χ0n) is 16.2. The van der Waals surface area contributed by atoms with Crippen LogP contribution in [0.15, 0.2) is 48.5 Å². The highest BCUT2D eigenvalue weighted by atomic mass is 16.5. The number of anilines is 1. The molecule has 7 nitrogen and oxygen atoms in total. The quantitative estimate of drug-likeness (QED) is 0.792. The molecule has 7 heteroatoms. The topological polar surface area (TPSA) is 70.2 Å². The van der Waals surface area contributed by atoms with Gasteiger partial charge in [-0.25, -0.2) is 0 Å². The van der Waals surface area contributed by atoms with Crippen LogP contribution in [-0.2, 0) is 16.1 Å². The van der Waals surface area contributed by atoms with Crippen molar-refractivity contribution in [2.24, 2.45) is 0 Å². The van der Waals surface area contributed by atoms with Crippen LogP contribution >= 0.6 is 0 Å². The van der Waals surface area contributed by atoms with E-state index in [2.05, 4.69) is 0 Å². The molecule has 0 saturated heterocycles. The van der Waals surface area contributed by atoms with Crippen molar-refractivity contribution in [2.75, 3.05) is 39.2 Å². The van der Waals surface area contributed by atoms with E-state index in [0.29, 0.717) is 23.5 Å². The number of likely N-dealkylation sites (N-methyl/N-ethyl adjacent to an activating group) is 1. The number of amides is 3. The molecule has 2 aromatic rings. The highest BCUT2D eigenvalue weighted by Gasteiger charge is 2.29. The molecule has 1 aliphatic rings. The molecule has 0 aliphatic carbocycles. The van der Waals surface area contributed by atoms with Crippen LogP contribution in [-0.4, -0.2) is 61.8 Å². The molecule has 0 saturated carbocycles. The summed E-state index contributed by atoms with van der Waals surface area (Å²) in [5.74, 6) is -0.223. The van der Waals surface area contributed by atoms with E-state index in [4.69, 9.17) is 4.74 Å². The largest absolute Gasteiger partial charge is 0.482 e. The van der Waals surface area contributed by atoms with Crippen LogP contribution in [0.2, 0.25) is 0 Å². The summed E-state index contributed by atoms with van der Waals surface area (Å²) >= 11 is 0. The first-order chi connectivity index (χ1) is 13.4. The first kappa shape index (κ1) is 19.4. The summed E-state index contributed by atoms with van der Waals surface area (Å²) in [4.78, 5) is 41.8. The van der Waals surface area contributed by atoms with Crippen molar-refractivity contribution >= 4 is 23.4 Å². The van der Waals surface area contributed by atoms with Gasteiger partial charge in [-0.05, 0) is 23.8 Å². The third-order valence-electron chi connectivity index (χ3n) is 4.54. The maximum atomic E-state index is 12.7. The lowest BCUT2D eigenvalue weighted by molar-refractivity contribution is -0.131. The van der Waals surface area contributed by atoms with E-state index in [1.807, 2.05) is 30.3 Å². The van der Waals surface area contributed by atoms with Crippen LogP contribution in [0.1, 0.15) is 15.9 Å². The molecule has 0 aromatic heterocycles. The van der Waals surface area contributed by atoms with Crippen molar-refractivity contribution in [1.29, 1.82) is 0 Å². The van der Waals surface area contributed by atoms with Gasteiger partial charge in [0.2, 0.25) is 5.91 Å². The number of nitrogens with zero attached hydrogens (tertiary/aromatic N) is 3. The van der Waals surface area contributed by atoms with Gasteiger partial charge in [-0.1, -0.05) is 30.3 Å². The Balaban J connectivity index is 1.80. The maximum Gasteiger partial charge on any atom is 0.265 e. The van der Waals surface area contributed by atoms with Crippen molar-refractivity contribution < 1.29 is 19.1 Å². The molecule has 28 heavy (non-hydrogen) atoms. The smallest absolute Gasteiger partial charge is 0.265 e. The van der Waals surface area contributed by atoms with E-state index in [1.165, 1.54) is 9.80 Å². The summed E-state index contributed by atoms with van der Waals surface area (Å²) in [6, 6.07) is 14.5. The third-order valence-corrected chi connectivity index (χ3v) is 4.54. The number of benzene rings is 2. The lowest BCUT2D eigenvalue weighted by Gasteiger charge is -2.30. The number of carbonyl (C=O) groups excluding carboxylic acids is 3. The van der Waals surface area contributed by atoms with Crippen molar-refractivity contribution in [3.63, 3.8) is 0 Å². The van der Waals surface area contributed by atoms with Gasteiger partial charge >= 0.3 is 0 Å². The zero-order valence-corrected chi connectivity index (χ0v) is 16.2. The van der Waals surface area contributed by atoms with Crippen LogP contribution in [0.5, 0.6) is 5.75 Å². The maximum absolute atomic E-state index is 12.7. The zero-order chi connectivity index (χ0) is 20.3. The predicted octanol–water partition coefficient (Wildman–Crippen LogP) is 1.77. The first-order valence-corrected chi connectivity index (χ1v) is 8.93. The van der Waals surface area contributed by atoms with Crippen LogP contribution in [0.4, 0.5) is 5.69 Å². The van der Waals surface area contributed by atoms with Crippen LogP contribution in [0.3, 0.4) is 0 Å². The van der Waals surface area contributed by atoms with E-state index in [-0.39, 0.29) is 30.9 Å². The molecule has 0 bridgehead atoms. The number of hydrogen-bond donors (Lipinski definition) is 0. The van der Waals surface area contributed by atoms with Crippen molar-refractivity contribution in [2.45, 2.75) is 6.54 Å². The average Bonchev–Trinajstić information content (AvgIpc) is 2.69. The minimum absolute atomic E-state index is 0.113. The van der Waals surface area contributed by atoms with Crippen molar-refractivity contribution in [3.05, 3.63) is 59.7 Å². The minimum atomic E-state index is -0.316. The monoisotopic (exact) mass is 381 g/mol. The molecule has 0 unspecified atom stereocenters. The number of carbonyl (C=O) groups is 3. The molecule has 1 aliphatic heterocycles. The van der Waals surface area contributed by atoms with Crippen LogP contribution < -0.4 is 9.64 Å². The number of fused-ring (bicyclic) bond motifs is 1. The molecule has 0 atom stereocenters. The molecule has 146 valence electrons. The fourth-order valence-corrected chi connectivity index (χ4v) is 2.97. The van der Waals surface area contributed by atoms with Crippen molar-refractivity contribution in [1.82, 2.24) is 9.80 Å². The van der Waals surface area contributed by atoms with Gasteiger partial charge in [0.25, 0.3) is 11.8 Å². The summed E-state index contributed by atoms with van der Waals surface area (Å²) in [7, 11) is 5.01. The Bertz CT molecular complexity index is 896. The molecule has 0 radical (unpaired) electrons. The molecular formula is C21H23N3O4. The Morgan fingerprint density at radius 1 is 1.07 bits per heavy atom.